The molecular formula is C4H8BrN3. The summed E-state index contributed by atoms with van der Waals surface area (Å²) in [6.07, 6.45) is 0. The van der Waals surface area contributed by atoms with Crippen LogP contribution >= 0.6 is 15.9 Å². The molecule has 0 aliphatic heterocycles. The Morgan fingerprint density at radius 3 is 2.25 bits per heavy atom. The van der Waals surface area contributed by atoms with Crippen LogP contribution in [-0.4, -0.2) is 17.6 Å². The second-order valence-corrected chi connectivity index (χ2v) is 2.02. The van der Waals surface area contributed by atoms with Crippen LogP contribution in [0.2, 0.25) is 0 Å². The van der Waals surface area contributed by atoms with E-state index in [0.29, 0.717) is 10.6 Å². The fraction of sp³-hybridized carbons (Fsp3) is 0.500. The number of aliphatic imine (C=N–C) groups is 2. The number of nitrogens with zero attached hydrogens (tertiary/aromatic N) is 2. The van der Waals surface area contributed by atoms with Gasteiger partial charge in [0, 0.05) is 7.05 Å². The van der Waals surface area contributed by atoms with E-state index in [9.17, 15) is 0 Å². The lowest BCUT2D eigenvalue weighted by Gasteiger charge is -1.86. The molecule has 8 heavy (non-hydrogen) atoms. The molecule has 3 nitrogen and oxygen atoms in total. The molecule has 0 aromatic rings. The van der Waals surface area contributed by atoms with E-state index in [0.717, 1.165) is 0 Å². The summed E-state index contributed by atoms with van der Waals surface area (Å²) in [4.78, 5) is 7.50. The molecule has 0 aromatic heterocycles. The fourth-order valence-corrected chi connectivity index (χ4v) is 0.461. The quantitative estimate of drug-likeness (QED) is 0.332. The van der Waals surface area contributed by atoms with E-state index >= 15 is 0 Å². The Balaban J connectivity index is 3.89. The minimum Gasteiger partial charge on any atom is -0.378 e. The van der Waals surface area contributed by atoms with Crippen LogP contribution in [0.15, 0.2) is 9.98 Å². The van der Waals surface area contributed by atoms with E-state index in [2.05, 4.69) is 25.9 Å². The van der Waals surface area contributed by atoms with Gasteiger partial charge in [0.25, 0.3) is 0 Å². The average Bonchev–Trinajstić information content (AvgIpc) is 1.65. The van der Waals surface area contributed by atoms with Crippen molar-refractivity contribution < 1.29 is 0 Å². The standard InChI is InChI=1S/C4H8BrN3/c1-3(7-2)8-4(5)6/h1-2H3,(H2,6,7,8). The lowest BCUT2D eigenvalue weighted by molar-refractivity contribution is 1.38. The van der Waals surface area contributed by atoms with Crippen molar-refractivity contribution in [2.45, 2.75) is 6.92 Å². The van der Waals surface area contributed by atoms with Gasteiger partial charge in [0.15, 0.2) is 4.74 Å². The van der Waals surface area contributed by atoms with Gasteiger partial charge in [-0.2, -0.15) is 0 Å². The molecule has 0 atom stereocenters. The van der Waals surface area contributed by atoms with Crippen LogP contribution < -0.4 is 5.73 Å². The first kappa shape index (κ1) is 7.62. The molecule has 0 aromatic carbocycles. The van der Waals surface area contributed by atoms with Gasteiger partial charge >= 0.3 is 0 Å². The molecule has 0 fully saturated rings. The number of halogens is 1. The van der Waals surface area contributed by atoms with Crippen LogP contribution in [0, 0.1) is 0 Å². The highest BCUT2D eigenvalue weighted by atomic mass is 79.9. The number of hydrogen-bond acceptors (Lipinski definition) is 1. The molecule has 0 radical (unpaired) electrons. The van der Waals surface area contributed by atoms with Gasteiger partial charge in [-0.1, -0.05) is 0 Å². The van der Waals surface area contributed by atoms with Crippen LogP contribution in [0.5, 0.6) is 0 Å². The zero-order valence-electron chi connectivity index (χ0n) is 4.85. The van der Waals surface area contributed by atoms with Crippen molar-refractivity contribution in [1.82, 2.24) is 0 Å². The van der Waals surface area contributed by atoms with Gasteiger partial charge in [-0.05, 0) is 22.9 Å². The van der Waals surface area contributed by atoms with E-state index in [1.807, 2.05) is 0 Å². The predicted octanol–water partition coefficient (Wildman–Crippen LogP) is 0.744. The first-order valence-electron chi connectivity index (χ1n) is 2.10. The molecule has 0 aliphatic carbocycles. The highest BCUT2D eigenvalue weighted by molar-refractivity contribution is 9.18. The predicted molar refractivity (Wildman–Crippen MR) is 39.6 cm³/mol. The van der Waals surface area contributed by atoms with Crippen LogP contribution in [0.25, 0.3) is 0 Å². The number of nitrogens with two attached hydrogens (primary N) is 1. The molecule has 0 saturated heterocycles. The molecular weight excluding hydrogens is 170 g/mol. The Morgan fingerprint density at radius 2 is 2.12 bits per heavy atom. The molecule has 0 aliphatic rings. The zero-order chi connectivity index (χ0) is 6.57. The highest BCUT2D eigenvalue weighted by Crippen LogP contribution is 1.82. The van der Waals surface area contributed by atoms with Gasteiger partial charge in [-0.3, -0.25) is 4.99 Å². The molecule has 0 bridgehead atoms. The van der Waals surface area contributed by atoms with E-state index in [1.54, 1.807) is 14.0 Å². The third kappa shape index (κ3) is 3.80. The van der Waals surface area contributed by atoms with Crippen molar-refractivity contribution in [2.24, 2.45) is 15.7 Å². The summed E-state index contributed by atoms with van der Waals surface area (Å²) in [6, 6.07) is 0. The summed E-state index contributed by atoms with van der Waals surface area (Å²) in [7, 11) is 1.66. The van der Waals surface area contributed by atoms with Crippen molar-refractivity contribution in [3.8, 4) is 0 Å². The second kappa shape index (κ2) is 3.60. The van der Waals surface area contributed by atoms with Crippen LogP contribution in [0.3, 0.4) is 0 Å². The van der Waals surface area contributed by atoms with Gasteiger partial charge in [0.05, 0.1) is 0 Å². The number of rotatable bonds is 0. The Hall–Kier alpha value is -0.380. The first-order chi connectivity index (χ1) is 3.66. The van der Waals surface area contributed by atoms with E-state index in [-0.39, 0.29) is 0 Å². The highest BCUT2D eigenvalue weighted by Gasteiger charge is 1.82. The third-order valence-corrected chi connectivity index (χ3v) is 0.770. The molecule has 0 heterocycles. The van der Waals surface area contributed by atoms with Gasteiger partial charge in [-0.15, -0.1) is 0 Å². The van der Waals surface area contributed by atoms with Crippen molar-refractivity contribution in [2.75, 3.05) is 7.05 Å². The summed E-state index contributed by atoms with van der Waals surface area (Å²) in [5.74, 6) is 0.666. The normalized spacial score (nSPS) is 14.4. The summed E-state index contributed by atoms with van der Waals surface area (Å²) >= 11 is 2.96. The van der Waals surface area contributed by atoms with Crippen molar-refractivity contribution >= 4 is 26.5 Å². The maximum absolute atomic E-state index is 5.15. The van der Waals surface area contributed by atoms with E-state index in [4.69, 9.17) is 5.73 Å². The molecule has 0 saturated carbocycles. The Bertz CT molecular complexity index is 123. The maximum atomic E-state index is 5.15. The molecule has 0 spiro atoms. The lowest BCUT2D eigenvalue weighted by Crippen LogP contribution is -2.03. The van der Waals surface area contributed by atoms with Crippen LogP contribution in [0.1, 0.15) is 6.92 Å². The summed E-state index contributed by atoms with van der Waals surface area (Å²) in [5, 5.41) is 0. The molecule has 46 valence electrons. The topological polar surface area (TPSA) is 50.7 Å². The third-order valence-electron chi connectivity index (χ3n) is 0.592. The van der Waals surface area contributed by atoms with Crippen LogP contribution in [0.4, 0.5) is 0 Å². The average molecular weight is 178 g/mol. The Morgan fingerprint density at radius 1 is 1.62 bits per heavy atom. The zero-order valence-corrected chi connectivity index (χ0v) is 6.44. The van der Waals surface area contributed by atoms with E-state index < -0.39 is 0 Å². The molecule has 4 heteroatoms. The fourth-order valence-electron chi connectivity index (χ4n) is 0.205. The molecule has 0 rings (SSSR count). The monoisotopic (exact) mass is 177 g/mol. The number of hydrogen-bond donors (Lipinski definition) is 1. The molecule has 0 unspecified atom stereocenters. The largest absolute Gasteiger partial charge is 0.378 e. The smallest absolute Gasteiger partial charge is 0.169 e. The summed E-state index contributed by atoms with van der Waals surface area (Å²) in [6.45, 7) is 1.77. The van der Waals surface area contributed by atoms with Crippen molar-refractivity contribution in [3.05, 3.63) is 0 Å². The molecule has 0 amide bonds. The van der Waals surface area contributed by atoms with Gasteiger partial charge in [-0.25, -0.2) is 4.99 Å². The molecule has 2 N–H and O–H groups in total. The summed E-state index contributed by atoms with van der Waals surface area (Å²) < 4.78 is 0.362. The number of amidine groups is 2. The van der Waals surface area contributed by atoms with Crippen LogP contribution in [-0.2, 0) is 0 Å². The van der Waals surface area contributed by atoms with E-state index in [1.165, 1.54) is 0 Å². The van der Waals surface area contributed by atoms with Crippen molar-refractivity contribution in [1.29, 1.82) is 0 Å². The Kier molecular flexibility index (Phi) is 3.43. The van der Waals surface area contributed by atoms with Gasteiger partial charge < -0.3 is 5.73 Å². The minimum atomic E-state index is 0.362. The van der Waals surface area contributed by atoms with Gasteiger partial charge in [0.2, 0.25) is 0 Å². The summed E-state index contributed by atoms with van der Waals surface area (Å²) in [5.41, 5.74) is 5.15. The minimum absolute atomic E-state index is 0.362. The van der Waals surface area contributed by atoms with Gasteiger partial charge in [0.1, 0.15) is 5.84 Å². The van der Waals surface area contributed by atoms with Crippen molar-refractivity contribution in [3.63, 3.8) is 0 Å². The SMILES string of the molecule is CN=C(C)N=C(N)Br. The first-order valence-corrected chi connectivity index (χ1v) is 2.89. The Labute approximate surface area is 56.8 Å². The second-order valence-electron chi connectivity index (χ2n) is 1.21. The maximum Gasteiger partial charge on any atom is 0.169 e. The lowest BCUT2D eigenvalue weighted by atomic mass is 10.7.